The first-order valence-corrected chi connectivity index (χ1v) is 6.75. The van der Waals surface area contributed by atoms with Crippen LogP contribution in [0.5, 0.6) is 5.75 Å². The fourth-order valence-corrected chi connectivity index (χ4v) is 2.44. The van der Waals surface area contributed by atoms with Gasteiger partial charge in [-0.15, -0.1) is 0 Å². The third kappa shape index (κ3) is 2.55. The minimum Gasteiger partial charge on any atom is -0.494 e. The van der Waals surface area contributed by atoms with Gasteiger partial charge in [-0.1, -0.05) is 0 Å². The molecule has 0 radical (unpaired) electrons. The SMILES string of the molecule is CCOc1ccc(S(=O)(=O)C(C)(C)C)cc1. The summed E-state index contributed by atoms with van der Waals surface area (Å²) in [6.45, 7) is 7.54. The lowest BCUT2D eigenvalue weighted by molar-refractivity contribution is 0.340. The molecule has 3 nitrogen and oxygen atoms in total. The Morgan fingerprint density at radius 2 is 1.62 bits per heavy atom. The van der Waals surface area contributed by atoms with Crippen LogP contribution < -0.4 is 4.74 Å². The fourth-order valence-electron chi connectivity index (χ4n) is 1.24. The van der Waals surface area contributed by atoms with Gasteiger partial charge in [0.1, 0.15) is 5.75 Å². The first-order valence-electron chi connectivity index (χ1n) is 5.26. The minimum atomic E-state index is -3.26. The highest BCUT2D eigenvalue weighted by molar-refractivity contribution is 7.92. The molecular weight excluding hydrogens is 224 g/mol. The summed E-state index contributed by atoms with van der Waals surface area (Å²) in [7, 11) is -3.26. The molecule has 1 aromatic carbocycles. The van der Waals surface area contributed by atoms with Gasteiger partial charge < -0.3 is 4.74 Å². The van der Waals surface area contributed by atoms with Gasteiger partial charge in [0.25, 0.3) is 0 Å². The van der Waals surface area contributed by atoms with Crippen molar-refractivity contribution < 1.29 is 13.2 Å². The maximum absolute atomic E-state index is 12.1. The number of ether oxygens (including phenoxy) is 1. The Bertz CT molecular complexity index is 438. The molecule has 0 amide bonds. The number of benzene rings is 1. The summed E-state index contributed by atoms with van der Waals surface area (Å²) in [4.78, 5) is 0.337. The molecule has 0 fully saturated rings. The van der Waals surface area contributed by atoms with Crippen LogP contribution in [0.2, 0.25) is 0 Å². The van der Waals surface area contributed by atoms with E-state index in [0.29, 0.717) is 17.3 Å². The predicted molar refractivity (Wildman–Crippen MR) is 64.5 cm³/mol. The van der Waals surface area contributed by atoms with E-state index in [1.807, 2.05) is 6.92 Å². The number of rotatable bonds is 3. The van der Waals surface area contributed by atoms with Gasteiger partial charge in [-0.2, -0.15) is 0 Å². The van der Waals surface area contributed by atoms with Gasteiger partial charge in [0.2, 0.25) is 0 Å². The van der Waals surface area contributed by atoms with Crippen molar-refractivity contribution >= 4 is 9.84 Å². The van der Waals surface area contributed by atoms with Crippen LogP contribution in [0.15, 0.2) is 29.2 Å². The van der Waals surface area contributed by atoms with E-state index in [2.05, 4.69) is 0 Å². The molecule has 0 aliphatic rings. The van der Waals surface area contributed by atoms with Crippen LogP contribution in [0.25, 0.3) is 0 Å². The molecule has 16 heavy (non-hydrogen) atoms. The van der Waals surface area contributed by atoms with Crippen LogP contribution in [0.4, 0.5) is 0 Å². The Labute approximate surface area is 97.4 Å². The Hall–Kier alpha value is -1.03. The van der Waals surface area contributed by atoms with E-state index in [0.717, 1.165) is 0 Å². The smallest absolute Gasteiger partial charge is 0.183 e. The molecule has 90 valence electrons. The number of hydrogen-bond acceptors (Lipinski definition) is 3. The van der Waals surface area contributed by atoms with E-state index < -0.39 is 14.6 Å². The molecule has 0 heterocycles. The summed E-state index contributed by atoms with van der Waals surface area (Å²) in [5, 5.41) is 0. The van der Waals surface area contributed by atoms with Gasteiger partial charge in [0.05, 0.1) is 16.2 Å². The Balaban J connectivity index is 3.08. The van der Waals surface area contributed by atoms with Gasteiger partial charge >= 0.3 is 0 Å². The zero-order chi connectivity index (χ0) is 12.4. The molecular formula is C12H18O3S. The second kappa shape index (κ2) is 4.45. The van der Waals surface area contributed by atoms with E-state index in [4.69, 9.17) is 4.74 Å². The van der Waals surface area contributed by atoms with Gasteiger partial charge in [0.15, 0.2) is 9.84 Å². The standard InChI is InChI=1S/C12H18O3S/c1-5-15-10-6-8-11(9-7-10)16(13,14)12(2,3)4/h6-9H,5H2,1-4H3. The lowest BCUT2D eigenvalue weighted by Crippen LogP contribution is -2.27. The third-order valence-electron chi connectivity index (χ3n) is 2.25. The minimum absolute atomic E-state index is 0.337. The molecule has 1 rings (SSSR count). The highest BCUT2D eigenvalue weighted by Gasteiger charge is 2.30. The predicted octanol–water partition coefficient (Wildman–Crippen LogP) is 2.66. The normalized spacial score (nSPS) is 12.5. The molecule has 1 aromatic rings. The van der Waals surface area contributed by atoms with Crippen LogP contribution in [0.1, 0.15) is 27.7 Å². The van der Waals surface area contributed by atoms with Gasteiger partial charge in [0, 0.05) is 0 Å². The van der Waals surface area contributed by atoms with E-state index in [-0.39, 0.29) is 0 Å². The first-order chi connectivity index (χ1) is 7.29. The van der Waals surface area contributed by atoms with Crippen molar-refractivity contribution in [2.75, 3.05) is 6.61 Å². The van der Waals surface area contributed by atoms with Crippen molar-refractivity contribution in [2.45, 2.75) is 37.3 Å². The average Bonchev–Trinajstić information content (AvgIpc) is 2.17. The maximum atomic E-state index is 12.1. The molecule has 0 aromatic heterocycles. The Kier molecular flexibility index (Phi) is 3.63. The lowest BCUT2D eigenvalue weighted by Gasteiger charge is -2.19. The van der Waals surface area contributed by atoms with Crippen LogP contribution in [-0.4, -0.2) is 19.8 Å². The van der Waals surface area contributed by atoms with Crippen LogP contribution in [0, 0.1) is 0 Å². The highest BCUT2D eigenvalue weighted by Crippen LogP contribution is 2.26. The first kappa shape index (κ1) is 13.0. The third-order valence-corrected chi connectivity index (χ3v) is 4.76. The second-order valence-corrected chi connectivity index (χ2v) is 7.22. The molecule has 0 aliphatic heterocycles. The molecule has 0 saturated carbocycles. The summed E-state index contributed by atoms with van der Waals surface area (Å²) in [6.07, 6.45) is 0. The van der Waals surface area contributed by atoms with Crippen molar-refractivity contribution in [1.82, 2.24) is 0 Å². The Morgan fingerprint density at radius 3 is 2.00 bits per heavy atom. The summed E-state index contributed by atoms with van der Waals surface area (Å²) in [6, 6.07) is 6.54. The van der Waals surface area contributed by atoms with Crippen LogP contribution >= 0.6 is 0 Å². The quantitative estimate of drug-likeness (QED) is 0.818. The van der Waals surface area contributed by atoms with Gasteiger partial charge in [-0.25, -0.2) is 8.42 Å². The average molecular weight is 242 g/mol. The summed E-state index contributed by atoms with van der Waals surface area (Å²) in [5.74, 6) is 0.690. The van der Waals surface area contributed by atoms with Crippen molar-refractivity contribution in [2.24, 2.45) is 0 Å². The van der Waals surface area contributed by atoms with Crippen molar-refractivity contribution in [3.8, 4) is 5.75 Å². The second-order valence-electron chi connectivity index (χ2n) is 4.52. The largest absolute Gasteiger partial charge is 0.494 e. The zero-order valence-corrected chi connectivity index (χ0v) is 11.0. The Morgan fingerprint density at radius 1 is 1.12 bits per heavy atom. The molecule has 0 bridgehead atoms. The van der Waals surface area contributed by atoms with E-state index >= 15 is 0 Å². The number of sulfone groups is 1. The van der Waals surface area contributed by atoms with Gasteiger partial charge in [-0.05, 0) is 52.0 Å². The summed E-state index contributed by atoms with van der Waals surface area (Å²) >= 11 is 0. The van der Waals surface area contributed by atoms with Crippen molar-refractivity contribution in [3.63, 3.8) is 0 Å². The topological polar surface area (TPSA) is 43.4 Å². The van der Waals surface area contributed by atoms with Crippen LogP contribution in [0.3, 0.4) is 0 Å². The molecule has 4 heteroatoms. The van der Waals surface area contributed by atoms with E-state index in [1.54, 1.807) is 45.0 Å². The molecule has 0 aliphatic carbocycles. The monoisotopic (exact) mass is 242 g/mol. The van der Waals surface area contributed by atoms with Crippen molar-refractivity contribution in [1.29, 1.82) is 0 Å². The molecule has 0 spiro atoms. The lowest BCUT2D eigenvalue weighted by atomic mass is 10.3. The number of hydrogen-bond donors (Lipinski definition) is 0. The zero-order valence-electron chi connectivity index (χ0n) is 10.1. The van der Waals surface area contributed by atoms with Gasteiger partial charge in [-0.3, -0.25) is 0 Å². The van der Waals surface area contributed by atoms with Crippen LogP contribution in [-0.2, 0) is 9.84 Å². The molecule has 0 saturated heterocycles. The van der Waals surface area contributed by atoms with E-state index in [1.165, 1.54) is 0 Å². The maximum Gasteiger partial charge on any atom is 0.183 e. The van der Waals surface area contributed by atoms with E-state index in [9.17, 15) is 8.42 Å². The fraction of sp³-hybridized carbons (Fsp3) is 0.500. The molecule has 0 unspecified atom stereocenters. The summed E-state index contributed by atoms with van der Waals surface area (Å²) < 4.78 is 28.7. The highest BCUT2D eigenvalue weighted by atomic mass is 32.2. The molecule has 0 atom stereocenters. The van der Waals surface area contributed by atoms with Crippen molar-refractivity contribution in [3.05, 3.63) is 24.3 Å². The molecule has 0 N–H and O–H groups in total. The summed E-state index contributed by atoms with van der Waals surface area (Å²) in [5.41, 5.74) is 0.